The predicted molar refractivity (Wildman–Crippen MR) is 32.6 cm³/mol. The molecular formula is C5H11N3. The van der Waals surface area contributed by atoms with Crippen LogP contribution in [-0.2, 0) is 0 Å². The quantitative estimate of drug-likeness (QED) is 0.546. The Labute approximate surface area is 49.1 Å². The topological polar surface area (TPSA) is 41.6 Å². The zero-order chi connectivity index (χ0) is 5.28. The van der Waals surface area contributed by atoms with Gasteiger partial charge in [0, 0.05) is 0 Å². The molecule has 1 aromatic rings. The molecule has 0 bridgehead atoms. The third-order valence-corrected chi connectivity index (χ3v) is 0.959. The average Bonchev–Trinajstić information content (AvgIpc) is 1.91. The van der Waals surface area contributed by atoms with Crippen LogP contribution < -0.4 is 0 Å². The molecule has 1 rings (SSSR count). The fourth-order valence-electron chi connectivity index (χ4n) is 0.337. The summed E-state index contributed by atoms with van der Waals surface area (Å²) in [6.45, 7) is 3.83. The maximum absolute atomic E-state index is 3.78. The first-order valence-corrected chi connectivity index (χ1v) is 2.14. The fraction of sp³-hybridized carbons (Fsp3) is 0.600. The standard InChI is InChI=1S/C4H7N3.CH4/c1-3-4(2)6-7-5-3;/h1-2H3,(H,5,6,7);1H4. The molecule has 0 aliphatic rings. The number of nitrogens with one attached hydrogen (secondary N) is 1. The van der Waals surface area contributed by atoms with Crippen molar-refractivity contribution in [2.24, 2.45) is 0 Å². The number of aromatic amines is 1. The summed E-state index contributed by atoms with van der Waals surface area (Å²) in [5.41, 5.74) is 1.94. The summed E-state index contributed by atoms with van der Waals surface area (Å²) in [4.78, 5) is 0. The number of aryl methyl sites for hydroxylation is 2. The molecule has 0 radical (unpaired) electrons. The Balaban J connectivity index is 0.000000490. The van der Waals surface area contributed by atoms with Gasteiger partial charge in [0.15, 0.2) is 0 Å². The van der Waals surface area contributed by atoms with Gasteiger partial charge in [-0.2, -0.15) is 15.4 Å². The molecule has 0 aromatic carbocycles. The van der Waals surface area contributed by atoms with Crippen molar-refractivity contribution in [2.45, 2.75) is 21.3 Å². The van der Waals surface area contributed by atoms with Gasteiger partial charge in [-0.05, 0) is 13.8 Å². The molecule has 0 aliphatic heterocycles. The lowest BCUT2D eigenvalue weighted by Gasteiger charge is -1.74. The Morgan fingerprint density at radius 1 is 1.12 bits per heavy atom. The normalized spacial score (nSPS) is 8.25. The van der Waals surface area contributed by atoms with E-state index in [0.29, 0.717) is 0 Å². The summed E-state index contributed by atoms with van der Waals surface area (Å²) in [5, 5.41) is 10.1. The van der Waals surface area contributed by atoms with Crippen molar-refractivity contribution in [3.63, 3.8) is 0 Å². The molecule has 1 aromatic heterocycles. The molecule has 0 fully saturated rings. The van der Waals surface area contributed by atoms with Crippen LogP contribution in [0.4, 0.5) is 0 Å². The van der Waals surface area contributed by atoms with E-state index < -0.39 is 0 Å². The second-order valence-corrected chi connectivity index (χ2v) is 1.49. The van der Waals surface area contributed by atoms with Gasteiger partial charge in [0.25, 0.3) is 0 Å². The summed E-state index contributed by atoms with van der Waals surface area (Å²) >= 11 is 0. The average molecular weight is 113 g/mol. The van der Waals surface area contributed by atoms with Crippen molar-refractivity contribution in [1.82, 2.24) is 15.4 Å². The SMILES string of the molecule is C.Cc1n[nH]nc1C. The molecule has 0 amide bonds. The zero-order valence-electron chi connectivity index (χ0n) is 4.39. The monoisotopic (exact) mass is 113 g/mol. The fourth-order valence-corrected chi connectivity index (χ4v) is 0.337. The first kappa shape index (κ1) is 7.14. The highest BCUT2D eigenvalue weighted by molar-refractivity contribution is 5.01. The van der Waals surface area contributed by atoms with Gasteiger partial charge in [0.05, 0.1) is 11.4 Å². The van der Waals surface area contributed by atoms with Gasteiger partial charge < -0.3 is 0 Å². The summed E-state index contributed by atoms with van der Waals surface area (Å²) in [7, 11) is 0. The van der Waals surface area contributed by atoms with E-state index in [1.807, 2.05) is 13.8 Å². The van der Waals surface area contributed by atoms with E-state index in [2.05, 4.69) is 15.4 Å². The summed E-state index contributed by atoms with van der Waals surface area (Å²) < 4.78 is 0. The van der Waals surface area contributed by atoms with Crippen LogP contribution in [0.2, 0.25) is 0 Å². The minimum Gasteiger partial charge on any atom is -0.197 e. The van der Waals surface area contributed by atoms with Crippen molar-refractivity contribution >= 4 is 0 Å². The Morgan fingerprint density at radius 2 is 1.50 bits per heavy atom. The lowest BCUT2D eigenvalue weighted by molar-refractivity contribution is 0.921. The van der Waals surface area contributed by atoms with Crippen molar-refractivity contribution in [1.29, 1.82) is 0 Å². The first-order chi connectivity index (χ1) is 3.30. The minimum absolute atomic E-state index is 0. The van der Waals surface area contributed by atoms with Gasteiger partial charge >= 0.3 is 0 Å². The number of rotatable bonds is 0. The van der Waals surface area contributed by atoms with Crippen molar-refractivity contribution in [2.75, 3.05) is 0 Å². The lowest BCUT2D eigenvalue weighted by atomic mass is 10.4. The molecule has 1 heterocycles. The Hall–Kier alpha value is -0.860. The minimum atomic E-state index is 0. The molecule has 0 aliphatic carbocycles. The third-order valence-electron chi connectivity index (χ3n) is 0.959. The number of hydrogen-bond donors (Lipinski definition) is 1. The molecular weight excluding hydrogens is 102 g/mol. The van der Waals surface area contributed by atoms with Crippen LogP contribution in [0.15, 0.2) is 0 Å². The molecule has 0 saturated heterocycles. The van der Waals surface area contributed by atoms with Crippen LogP contribution >= 0.6 is 0 Å². The Kier molecular flexibility index (Phi) is 2.19. The van der Waals surface area contributed by atoms with Crippen LogP contribution in [0.25, 0.3) is 0 Å². The van der Waals surface area contributed by atoms with Crippen LogP contribution in [0, 0.1) is 13.8 Å². The maximum atomic E-state index is 3.78. The second kappa shape index (κ2) is 2.45. The summed E-state index contributed by atoms with van der Waals surface area (Å²) in [6, 6.07) is 0. The van der Waals surface area contributed by atoms with E-state index in [9.17, 15) is 0 Å². The zero-order valence-corrected chi connectivity index (χ0v) is 4.39. The largest absolute Gasteiger partial charge is 0.197 e. The number of H-pyrrole nitrogens is 1. The van der Waals surface area contributed by atoms with E-state index in [0.717, 1.165) is 11.4 Å². The third kappa shape index (κ3) is 1.05. The van der Waals surface area contributed by atoms with Gasteiger partial charge in [-0.1, -0.05) is 7.43 Å². The van der Waals surface area contributed by atoms with Crippen LogP contribution in [0.1, 0.15) is 18.8 Å². The van der Waals surface area contributed by atoms with Crippen molar-refractivity contribution in [3.05, 3.63) is 11.4 Å². The van der Waals surface area contributed by atoms with Crippen molar-refractivity contribution in [3.8, 4) is 0 Å². The molecule has 0 saturated carbocycles. The number of nitrogens with zero attached hydrogens (tertiary/aromatic N) is 2. The molecule has 3 nitrogen and oxygen atoms in total. The molecule has 0 atom stereocenters. The molecule has 8 heavy (non-hydrogen) atoms. The highest BCUT2D eigenvalue weighted by atomic mass is 15.3. The summed E-state index contributed by atoms with van der Waals surface area (Å²) in [6.07, 6.45) is 0. The molecule has 46 valence electrons. The second-order valence-electron chi connectivity index (χ2n) is 1.49. The Morgan fingerprint density at radius 3 is 1.62 bits per heavy atom. The van der Waals surface area contributed by atoms with Gasteiger partial charge in [0.2, 0.25) is 0 Å². The highest BCUT2D eigenvalue weighted by Crippen LogP contribution is 1.91. The van der Waals surface area contributed by atoms with E-state index in [4.69, 9.17) is 0 Å². The van der Waals surface area contributed by atoms with E-state index in [1.165, 1.54) is 0 Å². The lowest BCUT2D eigenvalue weighted by Crippen LogP contribution is -1.71. The van der Waals surface area contributed by atoms with E-state index in [1.54, 1.807) is 0 Å². The van der Waals surface area contributed by atoms with Gasteiger partial charge in [-0.25, -0.2) is 0 Å². The number of hydrogen-bond acceptors (Lipinski definition) is 2. The predicted octanol–water partition coefficient (Wildman–Crippen LogP) is 1.06. The number of aromatic nitrogens is 3. The van der Waals surface area contributed by atoms with Crippen LogP contribution in [-0.4, -0.2) is 15.4 Å². The maximum Gasteiger partial charge on any atom is 0.0822 e. The van der Waals surface area contributed by atoms with E-state index >= 15 is 0 Å². The molecule has 3 heteroatoms. The van der Waals surface area contributed by atoms with Crippen LogP contribution in [0.5, 0.6) is 0 Å². The van der Waals surface area contributed by atoms with Crippen LogP contribution in [0.3, 0.4) is 0 Å². The van der Waals surface area contributed by atoms with Gasteiger partial charge in [-0.3, -0.25) is 0 Å². The van der Waals surface area contributed by atoms with Gasteiger partial charge in [0.1, 0.15) is 0 Å². The highest BCUT2D eigenvalue weighted by Gasteiger charge is 1.90. The van der Waals surface area contributed by atoms with Crippen molar-refractivity contribution < 1.29 is 0 Å². The van der Waals surface area contributed by atoms with E-state index in [-0.39, 0.29) is 7.43 Å². The molecule has 0 unspecified atom stereocenters. The first-order valence-electron chi connectivity index (χ1n) is 2.14. The summed E-state index contributed by atoms with van der Waals surface area (Å²) in [5.74, 6) is 0. The smallest absolute Gasteiger partial charge is 0.0822 e. The molecule has 0 spiro atoms. The van der Waals surface area contributed by atoms with Gasteiger partial charge in [-0.15, -0.1) is 0 Å². The molecule has 1 N–H and O–H groups in total. The Bertz CT molecular complexity index is 140.